The molecule has 1 saturated heterocycles. The number of nitrogens with zero attached hydrogens (tertiary/aromatic N) is 1. The summed E-state index contributed by atoms with van der Waals surface area (Å²) in [5.74, 6) is 0.684. The highest BCUT2D eigenvalue weighted by molar-refractivity contribution is 5.78. The SMILES string of the molecule is O=C(CC(c1ccccc1)c1ccccc1)N1CC2C(C1)C2(CO)CO. The van der Waals surface area contributed by atoms with Crippen LogP contribution >= 0.6 is 0 Å². The van der Waals surface area contributed by atoms with E-state index in [2.05, 4.69) is 24.3 Å². The van der Waals surface area contributed by atoms with E-state index in [-0.39, 0.29) is 42.3 Å². The number of rotatable bonds is 6. The fourth-order valence-electron chi connectivity index (χ4n) is 4.66. The highest BCUT2D eigenvalue weighted by Crippen LogP contribution is 2.62. The van der Waals surface area contributed by atoms with Crippen molar-refractivity contribution in [2.45, 2.75) is 12.3 Å². The maximum Gasteiger partial charge on any atom is 0.223 e. The van der Waals surface area contributed by atoms with Crippen LogP contribution in [0.5, 0.6) is 0 Å². The average Bonchev–Trinajstić information content (AvgIpc) is 3.06. The van der Waals surface area contributed by atoms with Gasteiger partial charge in [0.2, 0.25) is 5.91 Å². The molecule has 0 aromatic heterocycles. The minimum absolute atomic E-state index is 0.0114. The van der Waals surface area contributed by atoms with Gasteiger partial charge in [0.15, 0.2) is 0 Å². The largest absolute Gasteiger partial charge is 0.396 e. The molecule has 1 amide bonds. The van der Waals surface area contributed by atoms with Gasteiger partial charge >= 0.3 is 0 Å². The summed E-state index contributed by atoms with van der Waals surface area (Å²) in [7, 11) is 0. The Kier molecular flexibility index (Phi) is 4.55. The monoisotopic (exact) mass is 351 g/mol. The summed E-state index contributed by atoms with van der Waals surface area (Å²) < 4.78 is 0. The predicted molar refractivity (Wildman–Crippen MR) is 99.5 cm³/mol. The van der Waals surface area contributed by atoms with E-state index in [0.29, 0.717) is 19.5 Å². The van der Waals surface area contributed by atoms with E-state index in [1.807, 2.05) is 41.3 Å². The van der Waals surface area contributed by atoms with Crippen LogP contribution in [0.2, 0.25) is 0 Å². The molecular formula is C22H25NO3. The molecule has 2 atom stereocenters. The van der Waals surface area contributed by atoms with Crippen molar-refractivity contribution in [3.8, 4) is 0 Å². The van der Waals surface area contributed by atoms with Crippen molar-refractivity contribution < 1.29 is 15.0 Å². The fourth-order valence-corrected chi connectivity index (χ4v) is 4.66. The smallest absolute Gasteiger partial charge is 0.223 e. The van der Waals surface area contributed by atoms with E-state index in [4.69, 9.17) is 0 Å². The Morgan fingerprint density at radius 2 is 1.38 bits per heavy atom. The van der Waals surface area contributed by atoms with Crippen LogP contribution in [-0.4, -0.2) is 47.3 Å². The minimum atomic E-state index is -0.352. The Balaban J connectivity index is 1.48. The van der Waals surface area contributed by atoms with E-state index >= 15 is 0 Å². The molecule has 1 aliphatic carbocycles. The zero-order valence-corrected chi connectivity index (χ0v) is 14.8. The maximum absolute atomic E-state index is 13.0. The molecule has 1 aliphatic heterocycles. The second-order valence-corrected chi connectivity index (χ2v) is 7.64. The summed E-state index contributed by atoms with van der Waals surface area (Å²) in [6.07, 6.45) is 0.443. The molecule has 1 heterocycles. The Morgan fingerprint density at radius 3 is 1.81 bits per heavy atom. The first kappa shape index (κ1) is 17.3. The van der Waals surface area contributed by atoms with E-state index in [1.54, 1.807) is 0 Å². The second kappa shape index (κ2) is 6.86. The van der Waals surface area contributed by atoms with Crippen LogP contribution in [0.15, 0.2) is 60.7 Å². The number of carbonyl (C=O) groups is 1. The number of aliphatic hydroxyl groups is 2. The summed E-state index contributed by atoms with van der Waals surface area (Å²) in [6.45, 7) is 1.33. The van der Waals surface area contributed by atoms with Gasteiger partial charge in [-0.3, -0.25) is 4.79 Å². The average molecular weight is 351 g/mol. The van der Waals surface area contributed by atoms with Crippen molar-refractivity contribution in [2.75, 3.05) is 26.3 Å². The lowest BCUT2D eigenvalue weighted by atomic mass is 9.88. The molecule has 4 rings (SSSR count). The molecule has 2 aliphatic rings. The van der Waals surface area contributed by atoms with Crippen LogP contribution in [-0.2, 0) is 4.79 Å². The number of hydrogen-bond acceptors (Lipinski definition) is 3. The van der Waals surface area contributed by atoms with Gasteiger partial charge in [-0.05, 0) is 23.0 Å². The highest BCUT2D eigenvalue weighted by atomic mass is 16.3. The van der Waals surface area contributed by atoms with Gasteiger partial charge in [0.05, 0.1) is 13.2 Å². The van der Waals surface area contributed by atoms with E-state index < -0.39 is 0 Å². The number of amides is 1. The van der Waals surface area contributed by atoms with Crippen LogP contribution in [0, 0.1) is 17.3 Å². The number of carbonyl (C=O) groups excluding carboxylic acids is 1. The third-order valence-electron chi connectivity index (χ3n) is 6.41. The first-order valence-corrected chi connectivity index (χ1v) is 9.29. The molecule has 26 heavy (non-hydrogen) atoms. The zero-order valence-electron chi connectivity index (χ0n) is 14.8. The zero-order chi connectivity index (χ0) is 18.1. The number of fused-ring (bicyclic) bond motifs is 1. The highest BCUT2D eigenvalue weighted by Gasteiger charge is 2.67. The topological polar surface area (TPSA) is 60.8 Å². The molecule has 0 bridgehead atoms. The molecule has 2 unspecified atom stereocenters. The Morgan fingerprint density at radius 1 is 0.923 bits per heavy atom. The third kappa shape index (κ3) is 2.83. The van der Waals surface area contributed by atoms with Gasteiger partial charge in [-0.2, -0.15) is 0 Å². The molecule has 2 aromatic rings. The van der Waals surface area contributed by atoms with Crippen molar-refractivity contribution in [1.29, 1.82) is 0 Å². The van der Waals surface area contributed by atoms with Crippen molar-refractivity contribution >= 4 is 5.91 Å². The minimum Gasteiger partial charge on any atom is -0.396 e. The fraction of sp³-hybridized carbons (Fsp3) is 0.409. The van der Waals surface area contributed by atoms with Crippen molar-refractivity contribution in [1.82, 2.24) is 4.90 Å². The van der Waals surface area contributed by atoms with Gasteiger partial charge in [0.25, 0.3) is 0 Å². The number of hydrogen-bond donors (Lipinski definition) is 2. The molecule has 2 N–H and O–H groups in total. The van der Waals surface area contributed by atoms with Crippen LogP contribution in [0.1, 0.15) is 23.5 Å². The van der Waals surface area contributed by atoms with Gasteiger partial charge in [-0.15, -0.1) is 0 Å². The van der Waals surface area contributed by atoms with Gasteiger partial charge in [-0.1, -0.05) is 60.7 Å². The Hall–Kier alpha value is -2.17. The van der Waals surface area contributed by atoms with Crippen molar-refractivity contribution in [3.05, 3.63) is 71.8 Å². The van der Waals surface area contributed by atoms with Crippen LogP contribution in [0.4, 0.5) is 0 Å². The number of piperidine rings is 1. The van der Waals surface area contributed by atoms with Crippen LogP contribution in [0.3, 0.4) is 0 Å². The Labute approximate surface area is 154 Å². The lowest BCUT2D eigenvalue weighted by Crippen LogP contribution is -2.36. The molecule has 0 spiro atoms. The first-order valence-electron chi connectivity index (χ1n) is 9.29. The lowest BCUT2D eigenvalue weighted by molar-refractivity contribution is -0.131. The molecule has 2 fully saturated rings. The number of likely N-dealkylation sites (tertiary alicyclic amines) is 1. The molecule has 0 radical (unpaired) electrons. The lowest BCUT2D eigenvalue weighted by Gasteiger charge is -2.26. The summed E-state index contributed by atoms with van der Waals surface area (Å²) in [5, 5.41) is 19.1. The number of aliphatic hydroxyl groups excluding tert-OH is 2. The van der Waals surface area contributed by atoms with Crippen LogP contribution < -0.4 is 0 Å². The first-order chi connectivity index (χ1) is 12.7. The second-order valence-electron chi connectivity index (χ2n) is 7.64. The summed E-state index contributed by atoms with van der Waals surface area (Å²) >= 11 is 0. The molecule has 136 valence electrons. The normalized spacial score (nSPS) is 23.1. The summed E-state index contributed by atoms with van der Waals surface area (Å²) in [4.78, 5) is 14.9. The predicted octanol–water partition coefficient (Wildman–Crippen LogP) is 2.27. The number of benzene rings is 2. The van der Waals surface area contributed by atoms with Gasteiger partial charge < -0.3 is 15.1 Å². The van der Waals surface area contributed by atoms with Crippen molar-refractivity contribution in [3.63, 3.8) is 0 Å². The Bertz CT molecular complexity index is 704. The van der Waals surface area contributed by atoms with E-state index in [0.717, 1.165) is 11.1 Å². The molecule has 4 nitrogen and oxygen atoms in total. The van der Waals surface area contributed by atoms with Gasteiger partial charge in [0, 0.05) is 30.8 Å². The standard InChI is InChI=1S/C22H25NO3/c24-14-22(15-25)19-12-23(13-20(19)22)21(26)11-18(16-7-3-1-4-8-16)17-9-5-2-6-10-17/h1-10,18-20,24-25H,11-15H2. The summed E-state index contributed by atoms with van der Waals surface area (Å²) in [5.41, 5.74) is 1.95. The van der Waals surface area contributed by atoms with Gasteiger partial charge in [-0.25, -0.2) is 0 Å². The molecular weight excluding hydrogens is 326 g/mol. The maximum atomic E-state index is 13.0. The third-order valence-corrected chi connectivity index (χ3v) is 6.41. The quantitative estimate of drug-likeness (QED) is 0.839. The van der Waals surface area contributed by atoms with Crippen molar-refractivity contribution in [2.24, 2.45) is 17.3 Å². The van der Waals surface area contributed by atoms with Gasteiger partial charge in [0.1, 0.15) is 0 Å². The van der Waals surface area contributed by atoms with E-state index in [1.165, 1.54) is 0 Å². The van der Waals surface area contributed by atoms with Crippen LogP contribution in [0.25, 0.3) is 0 Å². The summed E-state index contributed by atoms with van der Waals surface area (Å²) in [6, 6.07) is 20.3. The molecule has 1 saturated carbocycles. The molecule has 4 heteroatoms. The molecule has 2 aromatic carbocycles. The van der Waals surface area contributed by atoms with E-state index in [9.17, 15) is 15.0 Å².